The largest absolute Gasteiger partial charge is 0.403 e. The molecular weight excluding hydrogens is 340 g/mol. The quantitative estimate of drug-likeness (QED) is 0.320. The van der Waals surface area contributed by atoms with Gasteiger partial charge in [0.25, 0.3) is 0 Å². The maximum atomic E-state index is 10.1. The first-order chi connectivity index (χ1) is 11.6. The lowest BCUT2D eigenvalue weighted by molar-refractivity contribution is -0.115. The standard InChI is InChI=1S/C13H20N2O.C5H7ClN2O/c1-9(2)8-13(4,16-15)12-10(3)6-5-7-11(12)14;1-4(9)8-3-5(6)2-7/h5-7H,1,8,14-15H2,2-4H3;2-3H,7H2,1H3/b;5-2+,8-3?. The Morgan fingerprint density at radius 1 is 1.44 bits per heavy atom. The summed E-state index contributed by atoms with van der Waals surface area (Å²) in [5, 5.41) is 0.255. The highest BCUT2D eigenvalue weighted by Crippen LogP contribution is 2.36. The zero-order valence-electron chi connectivity index (χ0n) is 15.2. The van der Waals surface area contributed by atoms with Crippen LogP contribution >= 0.6 is 11.6 Å². The lowest BCUT2D eigenvalue weighted by Gasteiger charge is -2.30. The molecule has 0 radical (unpaired) electrons. The van der Waals surface area contributed by atoms with Crippen molar-refractivity contribution in [2.45, 2.75) is 39.7 Å². The normalized spacial score (nSPS) is 13.8. The summed E-state index contributed by atoms with van der Waals surface area (Å²) in [5.74, 6) is 5.13. The predicted octanol–water partition coefficient (Wildman–Crippen LogP) is 3.29. The molecule has 0 bridgehead atoms. The van der Waals surface area contributed by atoms with E-state index in [-0.39, 0.29) is 10.9 Å². The van der Waals surface area contributed by atoms with Gasteiger partial charge in [-0.25, -0.2) is 10.9 Å². The number of nitrogen functional groups attached to an aromatic ring is 1. The molecular formula is C18H27ClN4O2. The van der Waals surface area contributed by atoms with E-state index in [2.05, 4.69) is 11.6 Å². The number of carbonyl (C=O) groups is 1. The SMILES string of the molecule is C=C(C)CC(C)(ON)c1c(C)cccc1N.CC(=O)N=C/C(Cl)=C\N. The summed E-state index contributed by atoms with van der Waals surface area (Å²) in [6.07, 6.45) is 3.01. The van der Waals surface area contributed by atoms with Crippen molar-refractivity contribution in [2.24, 2.45) is 16.6 Å². The van der Waals surface area contributed by atoms with E-state index < -0.39 is 5.60 Å². The fourth-order valence-corrected chi connectivity index (χ4v) is 2.42. The van der Waals surface area contributed by atoms with E-state index in [0.717, 1.165) is 22.9 Å². The maximum Gasteiger partial charge on any atom is 0.242 e. The third-order valence-electron chi connectivity index (χ3n) is 3.26. The molecule has 7 heteroatoms. The maximum absolute atomic E-state index is 10.1. The minimum absolute atomic E-state index is 0.255. The first-order valence-electron chi connectivity index (χ1n) is 7.57. The van der Waals surface area contributed by atoms with Crippen molar-refractivity contribution in [3.05, 3.63) is 52.7 Å². The Hall–Kier alpha value is -2.15. The molecule has 1 rings (SSSR count). The van der Waals surface area contributed by atoms with E-state index >= 15 is 0 Å². The molecule has 6 N–H and O–H groups in total. The molecule has 0 aliphatic rings. The lowest BCUT2D eigenvalue weighted by Crippen LogP contribution is -2.31. The monoisotopic (exact) mass is 366 g/mol. The van der Waals surface area contributed by atoms with Gasteiger partial charge in [-0.05, 0) is 32.4 Å². The highest BCUT2D eigenvalue weighted by atomic mass is 35.5. The summed E-state index contributed by atoms with van der Waals surface area (Å²) in [6, 6.07) is 5.78. The summed E-state index contributed by atoms with van der Waals surface area (Å²) in [7, 11) is 0. The van der Waals surface area contributed by atoms with Gasteiger partial charge >= 0.3 is 0 Å². The second-order valence-electron chi connectivity index (χ2n) is 5.85. The lowest BCUT2D eigenvalue weighted by atomic mass is 9.85. The molecule has 0 aliphatic heterocycles. The fraction of sp³-hybridized carbons (Fsp3) is 0.333. The first-order valence-corrected chi connectivity index (χ1v) is 7.95. The van der Waals surface area contributed by atoms with E-state index in [1.165, 1.54) is 13.1 Å². The average Bonchev–Trinajstić information content (AvgIpc) is 2.52. The number of hydrogen-bond acceptors (Lipinski definition) is 5. The third-order valence-corrected chi connectivity index (χ3v) is 3.49. The Bertz CT molecular complexity index is 651. The van der Waals surface area contributed by atoms with Crippen LogP contribution in [0.15, 0.2) is 46.6 Å². The number of nitrogens with two attached hydrogens (primary N) is 3. The Morgan fingerprint density at radius 2 is 2.04 bits per heavy atom. The second-order valence-corrected chi connectivity index (χ2v) is 6.29. The number of halogens is 1. The summed E-state index contributed by atoms with van der Waals surface area (Å²) in [6.45, 7) is 11.1. The minimum atomic E-state index is -0.610. The van der Waals surface area contributed by atoms with Crippen molar-refractivity contribution in [2.75, 3.05) is 5.73 Å². The van der Waals surface area contributed by atoms with Gasteiger partial charge in [0.05, 0.1) is 11.2 Å². The fourth-order valence-electron chi connectivity index (χ4n) is 2.37. The number of amides is 1. The number of rotatable bonds is 5. The summed E-state index contributed by atoms with van der Waals surface area (Å²) in [4.78, 5) is 18.6. The molecule has 0 spiro atoms. The van der Waals surface area contributed by atoms with Crippen LogP contribution in [0.5, 0.6) is 0 Å². The Morgan fingerprint density at radius 3 is 2.44 bits per heavy atom. The van der Waals surface area contributed by atoms with Crippen molar-refractivity contribution >= 4 is 29.4 Å². The molecule has 0 heterocycles. The number of aryl methyl sites for hydroxylation is 1. The van der Waals surface area contributed by atoms with Gasteiger partial charge in [0, 0.05) is 30.8 Å². The molecule has 1 aromatic carbocycles. The Labute approximate surface area is 154 Å². The van der Waals surface area contributed by atoms with Crippen LogP contribution in [0.4, 0.5) is 5.69 Å². The molecule has 0 saturated heterocycles. The van der Waals surface area contributed by atoms with Gasteiger partial charge in [0.15, 0.2) is 0 Å². The molecule has 25 heavy (non-hydrogen) atoms. The van der Waals surface area contributed by atoms with Crippen molar-refractivity contribution in [1.29, 1.82) is 0 Å². The van der Waals surface area contributed by atoms with Crippen LogP contribution in [0.3, 0.4) is 0 Å². The van der Waals surface area contributed by atoms with Crippen LogP contribution in [0.25, 0.3) is 0 Å². The van der Waals surface area contributed by atoms with Gasteiger partial charge in [0.2, 0.25) is 5.91 Å². The van der Waals surface area contributed by atoms with Gasteiger partial charge in [-0.15, -0.1) is 6.58 Å². The van der Waals surface area contributed by atoms with Crippen molar-refractivity contribution in [3.63, 3.8) is 0 Å². The van der Waals surface area contributed by atoms with E-state index in [9.17, 15) is 4.79 Å². The van der Waals surface area contributed by atoms with Gasteiger partial charge < -0.3 is 11.5 Å². The van der Waals surface area contributed by atoms with E-state index in [1.807, 2.05) is 39.0 Å². The Balaban J connectivity index is 0.000000547. The summed E-state index contributed by atoms with van der Waals surface area (Å²) >= 11 is 5.34. The highest BCUT2D eigenvalue weighted by molar-refractivity contribution is 6.39. The Kier molecular flexibility index (Phi) is 9.74. The average molecular weight is 367 g/mol. The number of nitrogens with zero attached hydrogens (tertiary/aromatic N) is 1. The van der Waals surface area contributed by atoms with Crippen molar-refractivity contribution < 1.29 is 9.63 Å². The minimum Gasteiger partial charge on any atom is -0.403 e. The zero-order chi connectivity index (χ0) is 19.6. The van der Waals surface area contributed by atoms with Crippen LogP contribution in [-0.2, 0) is 15.2 Å². The first kappa shape index (κ1) is 22.9. The van der Waals surface area contributed by atoms with Gasteiger partial charge in [0.1, 0.15) is 5.60 Å². The van der Waals surface area contributed by atoms with Crippen LogP contribution in [0, 0.1) is 6.92 Å². The smallest absolute Gasteiger partial charge is 0.242 e. The van der Waals surface area contributed by atoms with Crippen LogP contribution in [-0.4, -0.2) is 12.1 Å². The van der Waals surface area contributed by atoms with Crippen LogP contribution in [0.1, 0.15) is 38.3 Å². The van der Waals surface area contributed by atoms with Crippen molar-refractivity contribution in [1.82, 2.24) is 0 Å². The molecule has 1 unspecified atom stereocenters. The molecule has 1 amide bonds. The summed E-state index contributed by atoms with van der Waals surface area (Å²) < 4.78 is 0. The van der Waals surface area contributed by atoms with Gasteiger partial charge in [-0.1, -0.05) is 29.3 Å². The van der Waals surface area contributed by atoms with Gasteiger partial charge in [-0.3, -0.25) is 9.63 Å². The zero-order valence-corrected chi connectivity index (χ0v) is 15.9. The van der Waals surface area contributed by atoms with Crippen LogP contribution in [0.2, 0.25) is 0 Å². The predicted molar refractivity (Wildman–Crippen MR) is 105 cm³/mol. The number of anilines is 1. The van der Waals surface area contributed by atoms with E-state index in [1.54, 1.807) is 0 Å². The number of benzene rings is 1. The summed E-state index contributed by atoms with van der Waals surface area (Å²) in [5.41, 5.74) is 14.1. The molecule has 138 valence electrons. The number of aliphatic imine (C=N–C) groups is 1. The molecule has 1 atom stereocenters. The molecule has 1 aromatic rings. The van der Waals surface area contributed by atoms with Crippen molar-refractivity contribution in [3.8, 4) is 0 Å². The van der Waals surface area contributed by atoms with Crippen LogP contribution < -0.4 is 17.4 Å². The molecule has 0 aromatic heterocycles. The molecule has 0 aliphatic carbocycles. The highest BCUT2D eigenvalue weighted by Gasteiger charge is 2.30. The van der Waals surface area contributed by atoms with Gasteiger partial charge in [-0.2, -0.15) is 0 Å². The molecule has 6 nitrogen and oxygen atoms in total. The number of carbonyl (C=O) groups excluding carboxylic acids is 1. The molecule has 0 saturated carbocycles. The topological polar surface area (TPSA) is 117 Å². The molecule has 0 fully saturated rings. The number of hydrogen-bond donors (Lipinski definition) is 3. The number of allylic oxidation sites excluding steroid dienone is 1. The van der Waals surface area contributed by atoms with E-state index in [4.69, 9.17) is 33.8 Å². The second kappa shape index (κ2) is 10.7. The third kappa shape index (κ3) is 7.98. The van der Waals surface area contributed by atoms with E-state index in [0.29, 0.717) is 12.1 Å².